The minimum absolute atomic E-state index is 0.145. The number of halogens is 4. The molecule has 2 saturated heterocycles. The van der Waals surface area contributed by atoms with Crippen molar-refractivity contribution in [3.63, 3.8) is 0 Å². The van der Waals surface area contributed by atoms with Gasteiger partial charge in [-0.15, -0.1) is 0 Å². The lowest BCUT2D eigenvalue weighted by atomic mass is 9.99. The first-order chi connectivity index (χ1) is 11.8. The van der Waals surface area contributed by atoms with Crippen molar-refractivity contribution in [1.82, 2.24) is 0 Å². The van der Waals surface area contributed by atoms with E-state index < -0.39 is 20.2 Å². The number of rotatable bonds is 6. The third-order valence-corrected chi connectivity index (χ3v) is 6.08. The second-order valence-electron chi connectivity index (χ2n) is 6.12. The number of benzene rings is 2. The Morgan fingerprint density at radius 2 is 0.960 bits per heavy atom. The van der Waals surface area contributed by atoms with Crippen LogP contribution in [-0.4, -0.2) is 22.3 Å². The molecule has 0 spiro atoms. The highest BCUT2D eigenvalue weighted by Gasteiger charge is 2.73. The van der Waals surface area contributed by atoms with Gasteiger partial charge in [0.05, 0.1) is 13.2 Å². The van der Waals surface area contributed by atoms with E-state index in [1.807, 2.05) is 60.7 Å². The van der Waals surface area contributed by atoms with Crippen molar-refractivity contribution < 1.29 is 14.2 Å². The predicted molar refractivity (Wildman–Crippen MR) is 98.1 cm³/mol. The second-order valence-corrected chi connectivity index (χ2v) is 8.63. The minimum atomic E-state index is -1.34. The summed E-state index contributed by atoms with van der Waals surface area (Å²) in [6.45, 7) is 0.289. The third-order valence-electron chi connectivity index (χ3n) is 4.55. The summed E-state index contributed by atoms with van der Waals surface area (Å²) in [5.74, 6) is 0. The summed E-state index contributed by atoms with van der Waals surface area (Å²) >= 11 is 24.9. The molecule has 0 aliphatic carbocycles. The summed E-state index contributed by atoms with van der Waals surface area (Å²) in [6.07, 6.45) is 0. The normalized spacial score (nSPS) is 31.5. The van der Waals surface area contributed by atoms with Gasteiger partial charge in [0.2, 0.25) is 0 Å². The highest BCUT2D eigenvalue weighted by atomic mass is 35.5. The van der Waals surface area contributed by atoms with Gasteiger partial charge in [0.1, 0.15) is 0 Å². The summed E-state index contributed by atoms with van der Waals surface area (Å²) in [5.41, 5.74) is -0.168. The fourth-order valence-electron chi connectivity index (χ4n) is 2.99. The molecule has 2 aromatic rings. The number of ether oxygens (including phenoxy) is 3. The van der Waals surface area contributed by atoms with Crippen LogP contribution < -0.4 is 0 Å². The molecule has 2 unspecified atom stereocenters. The van der Waals surface area contributed by atoms with E-state index in [0.29, 0.717) is 0 Å². The van der Waals surface area contributed by atoms with Gasteiger partial charge in [-0.1, -0.05) is 107 Å². The highest BCUT2D eigenvalue weighted by Crippen LogP contribution is 2.63. The summed E-state index contributed by atoms with van der Waals surface area (Å²) < 4.78 is 14.3. The van der Waals surface area contributed by atoms with E-state index in [0.717, 1.165) is 11.1 Å². The van der Waals surface area contributed by atoms with Gasteiger partial charge in [-0.2, -0.15) is 0 Å². The van der Waals surface area contributed by atoms with Crippen LogP contribution in [-0.2, 0) is 25.4 Å². The van der Waals surface area contributed by atoms with Gasteiger partial charge in [-0.05, 0) is 11.1 Å². The molecule has 25 heavy (non-hydrogen) atoms. The molecule has 3 nitrogen and oxygen atoms in total. The van der Waals surface area contributed by atoms with Crippen LogP contribution in [0, 0.1) is 0 Å². The summed E-state index contributed by atoms with van der Waals surface area (Å²) in [5, 5.41) is 0. The van der Waals surface area contributed by atoms with E-state index in [2.05, 4.69) is 0 Å². The Bertz CT molecular complexity index is 703. The van der Waals surface area contributed by atoms with Crippen molar-refractivity contribution >= 4 is 46.4 Å². The molecule has 0 aromatic heterocycles. The topological polar surface area (TPSA) is 34.3 Å². The molecule has 2 aliphatic heterocycles. The van der Waals surface area contributed by atoms with Crippen LogP contribution in [0.4, 0.5) is 0 Å². The van der Waals surface area contributed by atoms with Crippen LogP contribution in [0.5, 0.6) is 0 Å². The van der Waals surface area contributed by atoms with Crippen LogP contribution in [0.15, 0.2) is 60.7 Å². The smallest absolute Gasteiger partial charge is 0.255 e. The Kier molecular flexibility index (Phi) is 4.29. The zero-order chi connectivity index (χ0) is 17.8. The maximum absolute atomic E-state index is 6.22. The first kappa shape index (κ1) is 17.9. The van der Waals surface area contributed by atoms with Gasteiger partial charge in [0.25, 0.3) is 9.04 Å². The SMILES string of the molecule is ClC1(Cl)OC1(COCC1(c2ccccc2)OC1(Cl)Cl)c1ccccc1. The molecule has 2 atom stereocenters. The molecular formula is C18H14Cl4O3. The number of hydrogen-bond acceptors (Lipinski definition) is 3. The Labute approximate surface area is 165 Å². The average molecular weight is 420 g/mol. The highest BCUT2D eigenvalue weighted by molar-refractivity contribution is 6.50. The summed E-state index contributed by atoms with van der Waals surface area (Å²) in [6, 6.07) is 18.9. The van der Waals surface area contributed by atoms with Gasteiger partial charge < -0.3 is 14.2 Å². The summed E-state index contributed by atoms with van der Waals surface area (Å²) in [4.78, 5) is 0. The van der Waals surface area contributed by atoms with Crippen LogP contribution in [0.3, 0.4) is 0 Å². The first-order valence-corrected chi connectivity index (χ1v) is 9.19. The minimum Gasteiger partial charge on any atom is -0.374 e. The molecule has 2 aromatic carbocycles. The molecule has 7 heteroatoms. The molecule has 0 saturated carbocycles. The van der Waals surface area contributed by atoms with Crippen molar-refractivity contribution in [2.45, 2.75) is 20.2 Å². The van der Waals surface area contributed by atoms with Gasteiger partial charge in [-0.25, -0.2) is 0 Å². The van der Waals surface area contributed by atoms with E-state index >= 15 is 0 Å². The molecule has 2 aliphatic rings. The Balaban J connectivity index is 1.50. The van der Waals surface area contributed by atoms with Crippen molar-refractivity contribution in [1.29, 1.82) is 0 Å². The summed E-state index contributed by atoms with van der Waals surface area (Å²) in [7, 11) is 0. The van der Waals surface area contributed by atoms with Gasteiger partial charge in [-0.3, -0.25) is 0 Å². The van der Waals surface area contributed by atoms with Crippen molar-refractivity contribution in [2.24, 2.45) is 0 Å². The zero-order valence-electron chi connectivity index (χ0n) is 12.9. The molecule has 4 rings (SSSR count). The maximum atomic E-state index is 6.22. The van der Waals surface area contributed by atoms with Crippen LogP contribution >= 0.6 is 46.4 Å². The molecule has 0 bridgehead atoms. The molecule has 0 N–H and O–H groups in total. The lowest BCUT2D eigenvalue weighted by molar-refractivity contribution is 0.0403. The molecule has 0 radical (unpaired) electrons. The molecule has 2 fully saturated rings. The molecule has 132 valence electrons. The quantitative estimate of drug-likeness (QED) is 0.481. The molecule has 0 amide bonds. The van der Waals surface area contributed by atoms with Gasteiger partial charge in [0.15, 0.2) is 11.2 Å². The standard InChI is InChI=1S/C18H14Cl4O3/c19-17(20)15(24-17,13-7-3-1-4-8-13)11-23-12-16(18(21,22)25-16)14-9-5-2-6-10-14/h1-10H,11-12H2. The number of hydrogen-bond donors (Lipinski definition) is 0. The van der Waals surface area contributed by atoms with Crippen LogP contribution in [0.2, 0.25) is 0 Å². The van der Waals surface area contributed by atoms with Crippen LogP contribution in [0.1, 0.15) is 11.1 Å². The van der Waals surface area contributed by atoms with Crippen molar-refractivity contribution in [2.75, 3.05) is 13.2 Å². The van der Waals surface area contributed by atoms with Crippen molar-refractivity contribution in [3.05, 3.63) is 71.8 Å². The lowest BCUT2D eigenvalue weighted by Gasteiger charge is -2.18. The molecular weight excluding hydrogens is 406 g/mol. The predicted octanol–water partition coefficient (Wildman–Crippen LogP) is 5.12. The monoisotopic (exact) mass is 418 g/mol. The van der Waals surface area contributed by atoms with E-state index in [1.54, 1.807) is 0 Å². The maximum Gasteiger partial charge on any atom is 0.255 e. The number of epoxide rings is 2. The van der Waals surface area contributed by atoms with Crippen molar-refractivity contribution in [3.8, 4) is 0 Å². The fraction of sp³-hybridized carbons (Fsp3) is 0.333. The third kappa shape index (κ3) is 2.87. The van der Waals surface area contributed by atoms with Crippen LogP contribution in [0.25, 0.3) is 0 Å². The van der Waals surface area contributed by atoms with E-state index in [1.165, 1.54) is 0 Å². The fourth-order valence-corrected chi connectivity index (χ4v) is 4.17. The van der Waals surface area contributed by atoms with Gasteiger partial charge >= 0.3 is 0 Å². The zero-order valence-corrected chi connectivity index (χ0v) is 15.9. The number of alkyl halides is 4. The second kappa shape index (κ2) is 6.00. The van der Waals surface area contributed by atoms with E-state index in [-0.39, 0.29) is 13.2 Å². The Morgan fingerprint density at radius 1 is 0.640 bits per heavy atom. The largest absolute Gasteiger partial charge is 0.374 e. The van der Waals surface area contributed by atoms with E-state index in [9.17, 15) is 0 Å². The Hall–Kier alpha value is -0.520. The molecule has 2 heterocycles. The van der Waals surface area contributed by atoms with E-state index in [4.69, 9.17) is 60.6 Å². The average Bonchev–Trinajstić information content (AvgIpc) is 3.38. The van der Waals surface area contributed by atoms with Gasteiger partial charge in [0, 0.05) is 0 Å². The first-order valence-electron chi connectivity index (χ1n) is 7.68. The Morgan fingerprint density at radius 3 is 1.24 bits per heavy atom. The lowest BCUT2D eigenvalue weighted by Crippen LogP contribution is -2.28.